The lowest BCUT2D eigenvalue weighted by molar-refractivity contribution is -0.385. The van der Waals surface area contributed by atoms with Gasteiger partial charge in [-0.1, -0.05) is 12.1 Å². The van der Waals surface area contributed by atoms with Gasteiger partial charge in [0.1, 0.15) is 6.10 Å². The summed E-state index contributed by atoms with van der Waals surface area (Å²) in [5.41, 5.74) is 0.550. The van der Waals surface area contributed by atoms with E-state index >= 15 is 0 Å². The maximum atomic E-state index is 11.8. The second kappa shape index (κ2) is 7.33. The Balaban J connectivity index is 2.00. The molecule has 0 N–H and O–H groups in total. The Hall–Kier alpha value is -1.99. The Bertz CT molecular complexity index is 726. The highest BCUT2D eigenvalue weighted by atomic mass is 79.9. The molecule has 0 unspecified atom stereocenters. The van der Waals surface area contributed by atoms with Crippen LogP contribution in [0.25, 0.3) is 6.08 Å². The van der Waals surface area contributed by atoms with Crippen molar-refractivity contribution in [3.8, 4) is 0 Å². The van der Waals surface area contributed by atoms with Gasteiger partial charge in [-0.05, 0) is 46.6 Å². The fourth-order valence-corrected chi connectivity index (χ4v) is 3.07. The van der Waals surface area contributed by atoms with Crippen molar-refractivity contribution in [1.82, 2.24) is 0 Å². The van der Waals surface area contributed by atoms with Crippen molar-refractivity contribution in [2.45, 2.75) is 13.0 Å². The second-order valence-electron chi connectivity index (χ2n) is 4.41. The van der Waals surface area contributed by atoms with E-state index < -0.39 is 17.0 Å². The molecule has 0 aliphatic rings. The van der Waals surface area contributed by atoms with Crippen molar-refractivity contribution in [3.05, 3.63) is 66.8 Å². The molecule has 7 heteroatoms. The topological polar surface area (TPSA) is 69.4 Å². The summed E-state index contributed by atoms with van der Waals surface area (Å²) in [6.45, 7) is 1.67. The summed E-state index contributed by atoms with van der Waals surface area (Å²) < 4.78 is 6.22. The number of thiophene rings is 1. The average Bonchev–Trinajstić information content (AvgIpc) is 2.91. The van der Waals surface area contributed by atoms with Crippen LogP contribution >= 0.6 is 27.3 Å². The van der Waals surface area contributed by atoms with Crippen LogP contribution in [-0.4, -0.2) is 10.9 Å². The number of carbonyl (C=O) groups excluding carboxylic acids is 1. The van der Waals surface area contributed by atoms with E-state index in [1.54, 1.807) is 25.1 Å². The summed E-state index contributed by atoms with van der Waals surface area (Å²) >= 11 is 4.84. The Labute approximate surface area is 139 Å². The average molecular weight is 382 g/mol. The predicted molar refractivity (Wildman–Crippen MR) is 88.7 cm³/mol. The third-order valence-electron chi connectivity index (χ3n) is 2.82. The van der Waals surface area contributed by atoms with Crippen molar-refractivity contribution in [1.29, 1.82) is 0 Å². The first-order chi connectivity index (χ1) is 10.5. The second-order valence-corrected chi connectivity index (χ2v) is 6.90. The van der Waals surface area contributed by atoms with E-state index in [9.17, 15) is 14.9 Å². The fourth-order valence-electron chi connectivity index (χ4n) is 1.74. The van der Waals surface area contributed by atoms with E-state index in [-0.39, 0.29) is 5.69 Å². The molecule has 1 aromatic carbocycles. The largest absolute Gasteiger partial charge is 0.455 e. The number of nitro benzene ring substituents is 1. The Morgan fingerprint density at radius 3 is 2.82 bits per heavy atom. The smallest absolute Gasteiger partial charge is 0.331 e. The highest BCUT2D eigenvalue weighted by Crippen LogP contribution is 2.24. The third kappa shape index (κ3) is 4.51. The molecule has 0 saturated heterocycles. The molecule has 1 atom stereocenters. The fraction of sp³-hybridized carbons (Fsp3) is 0.133. The summed E-state index contributed by atoms with van der Waals surface area (Å²) in [4.78, 5) is 23.0. The number of carbonyl (C=O) groups is 1. The number of nitrogens with zero attached hydrogens (tertiary/aromatic N) is 1. The minimum atomic E-state index is -0.563. The number of halogens is 1. The number of nitro groups is 1. The first-order valence-electron chi connectivity index (χ1n) is 6.34. The maximum Gasteiger partial charge on any atom is 0.331 e. The molecule has 1 aromatic heterocycles. The molecule has 0 saturated carbocycles. The standard InChI is InChI=1S/C15H12BrNO4S/c1-10(11-3-2-4-12(9-11)17(19)20)21-15(18)8-6-13-5-7-14(16)22-13/h2-10H,1H3/b8-6+/t10-/m0/s1. The molecule has 0 amide bonds. The number of hydrogen-bond acceptors (Lipinski definition) is 5. The van der Waals surface area contributed by atoms with Crippen molar-refractivity contribution in [2.75, 3.05) is 0 Å². The molecule has 0 fully saturated rings. The van der Waals surface area contributed by atoms with Crippen molar-refractivity contribution in [2.24, 2.45) is 0 Å². The highest BCUT2D eigenvalue weighted by Gasteiger charge is 2.13. The van der Waals surface area contributed by atoms with Crippen LogP contribution in [0, 0.1) is 10.1 Å². The zero-order valence-electron chi connectivity index (χ0n) is 11.6. The van der Waals surface area contributed by atoms with E-state index in [1.807, 2.05) is 12.1 Å². The highest BCUT2D eigenvalue weighted by molar-refractivity contribution is 9.11. The van der Waals surface area contributed by atoms with E-state index in [1.165, 1.54) is 29.5 Å². The van der Waals surface area contributed by atoms with Gasteiger partial charge >= 0.3 is 5.97 Å². The van der Waals surface area contributed by atoms with E-state index in [2.05, 4.69) is 15.9 Å². The summed E-state index contributed by atoms with van der Waals surface area (Å²) in [5, 5.41) is 10.7. The summed E-state index contributed by atoms with van der Waals surface area (Å²) in [7, 11) is 0. The normalized spacial score (nSPS) is 12.3. The van der Waals surface area contributed by atoms with E-state index in [0.717, 1.165) is 8.66 Å². The van der Waals surface area contributed by atoms with Gasteiger partial charge < -0.3 is 4.74 Å². The molecule has 1 heterocycles. The van der Waals surface area contributed by atoms with Gasteiger partial charge in [0.05, 0.1) is 8.71 Å². The molecule has 114 valence electrons. The molecule has 2 aromatic rings. The Morgan fingerprint density at radius 2 is 2.18 bits per heavy atom. The number of hydrogen-bond donors (Lipinski definition) is 0. The van der Waals surface area contributed by atoms with Gasteiger partial charge in [-0.2, -0.15) is 0 Å². The predicted octanol–water partition coefficient (Wildman–Crippen LogP) is 4.74. The summed E-state index contributed by atoms with van der Waals surface area (Å²) in [6, 6.07) is 9.82. The van der Waals surface area contributed by atoms with Crippen LogP contribution < -0.4 is 0 Å². The van der Waals surface area contributed by atoms with Crippen LogP contribution in [0.4, 0.5) is 5.69 Å². The van der Waals surface area contributed by atoms with Gasteiger partial charge in [0.15, 0.2) is 0 Å². The van der Waals surface area contributed by atoms with Crippen LogP contribution in [0.5, 0.6) is 0 Å². The molecule has 0 bridgehead atoms. The molecule has 0 aliphatic carbocycles. The van der Waals surface area contributed by atoms with Gasteiger partial charge in [0, 0.05) is 23.1 Å². The SMILES string of the molecule is C[C@H](OC(=O)/C=C/c1ccc(Br)s1)c1cccc([N+](=O)[O-])c1. The minimum absolute atomic E-state index is 0.0284. The van der Waals surface area contributed by atoms with Crippen molar-refractivity contribution < 1.29 is 14.5 Å². The van der Waals surface area contributed by atoms with Crippen LogP contribution in [0.1, 0.15) is 23.5 Å². The van der Waals surface area contributed by atoms with Gasteiger partial charge in [-0.25, -0.2) is 4.79 Å². The molecule has 0 spiro atoms. The Morgan fingerprint density at radius 1 is 1.41 bits per heavy atom. The van der Waals surface area contributed by atoms with Crippen LogP contribution in [0.2, 0.25) is 0 Å². The molecular weight excluding hydrogens is 370 g/mol. The van der Waals surface area contributed by atoms with Crippen LogP contribution in [-0.2, 0) is 9.53 Å². The number of benzene rings is 1. The van der Waals surface area contributed by atoms with Crippen molar-refractivity contribution >= 4 is 45.0 Å². The van der Waals surface area contributed by atoms with Crippen LogP contribution in [0.3, 0.4) is 0 Å². The molecular formula is C15H12BrNO4S. The number of rotatable bonds is 5. The number of non-ortho nitro benzene ring substituents is 1. The quantitative estimate of drug-likeness (QED) is 0.324. The van der Waals surface area contributed by atoms with E-state index in [0.29, 0.717) is 5.56 Å². The summed E-state index contributed by atoms with van der Waals surface area (Å²) in [5.74, 6) is -0.497. The Kier molecular flexibility index (Phi) is 5.46. The lowest BCUT2D eigenvalue weighted by Crippen LogP contribution is -2.06. The van der Waals surface area contributed by atoms with Gasteiger partial charge in [0.2, 0.25) is 0 Å². The molecule has 5 nitrogen and oxygen atoms in total. The first-order valence-corrected chi connectivity index (χ1v) is 7.95. The molecule has 2 rings (SSSR count). The van der Waals surface area contributed by atoms with Gasteiger partial charge in [0.25, 0.3) is 5.69 Å². The van der Waals surface area contributed by atoms with Crippen LogP contribution in [0.15, 0.2) is 46.3 Å². The molecule has 0 aliphatic heterocycles. The van der Waals surface area contributed by atoms with E-state index in [4.69, 9.17) is 4.74 Å². The zero-order chi connectivity index (χ0) is 16.1. The number of ether oxygens (including phenoxy) is 1. The van der Waals surface area contributed by atoms with Gasteiger partial charge in [-0.15, -0.1) is 11.3 Å². The third-order valence-corrected chi connectivity index (χ3v) is 4.41. The molecule has 0 radical (unpaired) electrons. The van der Waals surface area contributed by atoms with Gasteiger partial charge in [-0.3, -0.25) is 10.1 Å². The maximum absolute atomic E-state index is 11.8. The summed E-state index contributed by atoms with van der Waals surface area (Å²) in [6.07, 6.45) is 2.44. The van der Waals surface area contributed by atoms with Crippen molar-refractivity contribution in [3.63, 3.8) is 0 Å². The first kappa shape index (κ1) is 16.4. The minimum Gasteiger partial charge on any atom is -0.455 e. The lowest BCUT2D eigenvalue weighted by Gasteiger charge is -2.11. The number of esters is 1. The lowest BCUT2D eigenvalue weighted by atomic mass is 10.1. The molecule has 22 heavy (non-hydrogen) atoms. The monoisotopic (exact) mass is 381 g/mol. The zero-order valence-corrected chi connectivity index (χ0v) is 14.0.